The van der Waals surface area contributed by atoms with E-state index in [4.69, 9.17) is 0 Å². The Bertz CT molecular complexity index is 357. The Labute approximate surface area is 109 Å². The van der Waals surface area contributed by atoms with Crippen LogP contribution >= 0.6 is 27.7 Å². The maximum atomic E-state index is 11.8. The highest BCUT2D eigenvalue weighted by molar-refractivity contribution is 9.09. The summed E-state index contributed by atoms with van der Waals surface area (Å²) in [5, 5.41) is 0. The molecular formula is C12H14BrNOS. The molecular weight excluding hydrogens is 286 g/mol. The molecule has 0 aromatic heterocycles. The summed E-state index contributed by atoms with van der Waals surface area (Å²) < 4.78 is 0. The van der Waals surface area contributed by atoms with Crippen molar-refractivity contribution in [2.24, 2.45) is 0 Å². The van der Waals surface area contributed by atoms with Crippen molar-refractivity contribution in [3.63, 3.8) is 0 Å². The predicted molar refractivity (Wildman–Crippen MR) is 71.1 cm³/mol. The summed E-state index contributed by atoms with van der Waals surface area (Å²) in [5.74, 6) is 0.791. The van der Waals surface area contributed by atoms with E-state index in [0.29, 0.717) is 10.6 Å². The smallest absolute Gasteiger partial charge is 0.232 e. The van der Waals surface area contributed by atoms with Crippen molar-refractivity contribution in [2.45, 2.75) is 16.1 Å². The Hall–Kier alpha value is -0.480. The molecule has 1 amide bonds. The Balaban J connectivity index is 1.80. The molecule has 0 N–H and O–H groups in total. The summed E-state index contributed by atoms with van der Waals surface area (Å²) in [4.78, 5) is 15.4. The summed E-state index contributed by atoms with van der Waals surface area (Å²) >= 11 is 5.15. The number of nitrogens with zero attached hydrogens (tertiary/aromatic N) is 1. The van der Waals surface area contributed by atoms with Gasteiger partial charge >= 0.3 is 0 Å². The Morgan fingerprint density at radius 1 is 1.44 bits per heavy atom. The summed E-state index contributed by atoms with van der Waals surface area (Å²) in [7, 11) is 0. The molecule has 0 radical (unpaired) electrons. The average Bonchev–Trinajstić information content (AvgIpc) is 2.74. The van der Waals surface area contributed by atoms with E-state index in [1.54, 1.807) is 11.8 Å². The first-order valence-corrected chi connectivity index (χ1v) is 7.25. The van der Waals surface area contributed by atoms with Gasteiger partial charge in [0.25, 0.3) is 0 Å². The number of likely N-dealkylation sites (tertiary alicyclic amines) is 1. The van der Waals surface area contributed by atoms with E-state index >= 15 is 0 Å². The minimum absolute atomic E-state index is 0.246. The molecule has 1 atom stereocenters. The van der Waals surface area contributed by atoms with Crippen LogP contribution in [0.15, 0.2) is 35.2 Å². The Kier molecular flexibility index (Phi) is 4.29. The minimum Gasteiger partial charge on any atom is -0.341 e. The van der Waals surface area contributed by atoms with Gasteiger partial charge in [0, 0.05) is 22.8 Å². The fraction of sp³-hybridized carbons (Fsp3) is 0.417. The number of carbonyl (C=O) groups is 1. The molecule has 86 valence electrons. The molecule has 1 aromatic rings. The summed E-state index contributed by atoms with van der Waals surface area (Å²) in [5.41, 5.74) is 0. The van der Waals surface area contributed by atoms with Gasteiger partial charge in [-0.1, -0.05) is 34.1 Å². The van der Waals surface area contributed by atoms with E-state index < -0.39 is 0 Å². The summed E-state index contributed by atoms with van der Waals surface area (Å²) in [6.07, 6.45) is 1.07. The van der Waals surface area contributed by atoms with Crippen molar-refractivity contribution in [2.75, 3.05) is 18.8 Å². The monoisotopic (exact) mass is 299 g/mol. The standard InChI is InChI=1S/C12H14BrNOS/c13-10-6-7-14(8-10)12(15)9-16-11-4-2-1-3-5-11/h1-5,10H,6-9H2. The number of hydrogen-bond acceptors (Lipinski definition) is 2. The molecule has 2 rings (SSSR count). The molecule has 0 aliphatic carbocycles. The normalized spacial score (nSPS) is 20.1. The van der Waals surface area contributed by atoms with Gasteiger partial charge in [-0.05, 0) is 18.6 Å². The SMILES string of the molecule is O=C(CSc1ccccc1)N1CCC(Br)C1. The van der Waals surface area contributed by atoms with Crippen LogP contribution in [0.5, 0.6) is 0 Å². The fourth-order valence-electron chi connectivity index (χ4n) is 1.70. The van der Waals surface area contributed by atoms with Crippen molar-refractivity contribution in [1.29, 1.82) is 0 Å². The number of carbonyl (C=O) groups excluding carboxylic acids is 1. The second-order valence-corrected chi connectivity index (χ2v) is 6.17. The topological polar surface area (TPSA) is 20.3 Å². The van der Waals surface area contributed by atoms with Gasteiger partial charge in [-0.2, -0.15) is 0 Å². The Morgan fingerprint density at radius 2 is 2.19 bits per heavy atom. The van der Waals surface area contributed by atoms with Crippen molar-refractivity contribution in [1.82, 2.24) is 4.90 Å². The average molecular weight is 300 g/mol. The highest BCUT2D eigenvalue weighted by atomic mass is 79.9. The Morgan fingerprint density at radius 3 is 2.81 bits per heavy atom. The zero-order valence-corrected chi connectivity index (χ0v) is 11.3. The van der Waals surface area contributed by atoms with E-state index in [-0.39, 0.29) is 5.91 Å². The number of thioether (sulfide) groups is 1. The first-order valence-electron chi connectivity index (χ1n) is 5.35. The first kappa shape index (κ1) is 12.0. The van der Waals surface area contributed by atoms with E-state index in [1.165, 1.54) is 0 Å². The van der Waals surface area contributed by atoms with Crippen LogP contribution < -0.4 is 0 Å². The number of alkyl halides is 1. The van der Waals surface area contributed by atoms with Crippen molar-refractivity contribution in [3.8, 4) is 0 Å². The number of benzene rings is 1. The zero-order valence-electron chi connectivity index (χ0n) is 8.93. The second kappa shape index (κ2) is 5.73. The molecule has 1 heterocycles. The molecule has 16 heavy (non-hydrogen) atoms. The van der Waals surface area contributed by atoms with Gasteiger partial charge in [0.05, 0.1) is 5.75 Å². The van der Waals surface area contributed by atoms with Crippen LogP contribution in [-0.4, -0.2) is 34.5 Å². The van der Waals surface area contributed by atoms with Gasteiger partial charge in [-0.15, -0.1) is 11.8 Å². The fourth-order valence-corrected chi connectivity index (χ4v) is 3.07. The largest absolute Gasteiger partial charge is 0.341 e. The summed E-state index contributed by atoms with van der Waals surface area (Å²) in [6.45, 7) is 1.75. The van der Waals surface area contributed by atoms with Crippen LogP contribution in [0.4, 0.5) is 0 Å². The van der Waals surface area contributed by atoms with Crippen molar-refractivity contribution < 1.29 is 4.79 Å². The lowest BCUT2D eigenvalue weighted by Crippen LogP contribution is -2.30. The number of rotatable bonds is 3. The lowest BCUT2D eigenvalue weighted by atomic mass is 10.4. The van der Waals surface area contributed by atoms with Gasteiger partial charge in [-0.25, -0.2) is 0 Å². The third kappa shape index (κ3) is 3.25. The molecule has 0 saturated carbocycles. The quantitative estimate of drug-likeness (QED) is 0.632. The molecule has 1 unspecified atom stereocenters. The maximum Gasteiger partial charge on any atom is 0.232 e. The van der Waals surface area contributed by atoms with E-state index in [2.05, 4.69) is 15.9 Å². The summed E-state index contributed by atoms with van der Waals surface area (Å²) in [6, 6.07) is 10.1. The number of amides is 1. The third-order valence-corrected chi connectivity index (χ3v) is 4.33. The van der Waals surface area contributed by atoms with Crippen LogP contribution in [0.1, 0.15) is 6.42 Å². The van der Waals surface area contributed by atoms with Crippen molar-refractivity contribution >= 4 is 33.6 Å². The minimum atomic E-state index is 0.246. The van der Waals surface area contributed by atoms with E-state index in [0.717, 1.165) is 24.4 Å². The van der Waals surface area contributed by atoms with Gasteiger partial charge in [0.2, 0.25) is 5.91 Å². The third-order valence-electron chi connectivity index (χ3n) is 2.59. The second-order valence-electron chi connectivity index (χ2n) is 3.83. The van der Waals surface area contributed by atoms with E-state index in [9.17, 15) is 4.79 Å². The van der Waals surface area contributed by atoms with Gasteiger partial charge in [0.1, 0.15) is 0 Å². The zero-order chi connectivity index (χ0) is 11.4. The highest BCUT2D eigenvalue weighted by Gasteiger charge is 2.23. The van der Waals surface area contributed by atoms with Crippen LogP contribution in [-0.2, 0) is 4.79 Å². The maximum absolute atomic E-state index is 11.8. The van der Waals surface area contributed by atoms with Crippen LogP contribution in [0.25, 0.3) is 0 Å². The van der Waals surface area contributed by atoms with Crippen LogP contribution in [0, 0.1) is 0 Å². The predicted octanol–water partition coefficient (Wildman–Crippen LogP) is 2.77. The van der Waals surface area contributed by atoms with E-state index in [1.807, 2.05) is 35.2 Å². The van der Waals surface area contributed by atoms with Gasteiger partial charge < -0.3 is 4.90 Å². The first-order chi connectivity index (χ1) is 7.75. The molecule has 1 aromatic carbocycles. The van der Waals surface area contributed by atoms with Crippen LogP contribution in [0.3, 0.4) is 0 Å². The van der Waals surface area contributed by atoms with Crippen LogP contribution in [0.2, 0.25) is 0 Å². The molecule has 0 spiro atoms. The number of hydrogen-bond donors (Lipinski definition) is 0. The lowest BCUT2D eigenvalue weighted by molar-refractivity contribution is -0.127. The highest BCUT2D eigenvalue weighted by Crippen LogP contribution is 2.21. The molecule has 1 saturated heterocycles. The molecule has 1 aliphatic rings. The molecule has 0 bridgehead atoms. The molecule has 1 fully saturated rings. The van der Waals surface area contributed by atoms with Gasteiger partial charge in [0.15, 0.2) is 0 Å². The number of halogens is 1. The van der Waals surface area contributed by atoms with Crippen molar-refractivity contribution in [3.05, 3.63) is 30.3 Å². The molecule has 1 aliphatic heterocycles. The van der Waals surface area contributed by atoms with Gasteiger partial charge in [-0.3, -0.25) is 4.79 Å². The molecule has 4 heteroatoms. The lowest BCUT2D eigenvalue weighted by Gasteiger charge is -2.14. The molecule has 2 nitrogen and oxygen atoms in total.